The minimum atomic E-state index is -4.03. The number of benzene rings is 4. The van der Waals surface area contributed by atoms with Crippen LogP contribution in [0.2, 0.25) is 0 Å². The van der Waals surface area contributed by atoms with Crippen molar-refractivity contribution in [1.29, 1.82) is 0 Å². The van der Waals surface area contributed by atoms with Gasteiger partial charge in [-0.05, 0) is 45.5 Å². The number of hydrogen-bond donors (Lipinski definition) is 0. The lowest BCUT2D eigenvalue weighted by molar-refractivity contribution is -0.0525. The molecule has 2 fully saturated rings. The van der Waals surface area contributed by atoms with Gasteiger partial charge in [0, 0.05) is 5.41 Å². The molecule has 0 amide bonds. The molecule has 3 heterocycles. The van der Waals surface area contributed by atoms with Gasteiger partial charge in [0.2, 0.25) is 0 Å². The second-order valence-electron chi connectivity index (χ2n) is 11.9. The van der Waals surface area contributed by atoms with Gasteiger partial charge in [0.1, 0.15) is 17.0 Å². The Morgan fingerprint density at radius 1 is 0.707 bits per heavy atom. The molecule has 7 rings (SSSR count). The Kier molecular flexibility index (Phi) is 5.81. The molecule has 5 nitrogen and oxygen atoms in total. The summed E-state index contributed by atoms with van der Waals surface area (Å²) in [6, 6.07) is 36.0. The fourth-order valence-corrected chi connectivity index (χ4v) is 10.2. The smallest absolute Gasteiger partial charge is 0.349 e. The lowest BCUT2D eigenvalue weighted by atomic mass is 9.61. The van der Waals surface area contributed by atoms with Crippen molar-refractivity contribution >= 4 is 7.60 Å². The fraction of sp³-hybridized carbons (Fsp3) is 0.257. The molecular weight excluding hydrogens is 531 g/mol. The topological polar surface area (TPSA) is 54.0 Å². The van der Waals surface area contributed by atoms with Gasteiger partial charge in [-0.25, -0.2) is 0 Å². The maximum atomic E-state index is 15.7. The summed E-state index contributed by atoms with van der Waals surface area (Å²) in [5, 5.41) is -1.42. The average Bonchev–Trinajstić information content (AvgIpc) is 3.47. The molecule has 4 aromatic carbocycles. The summed E-state index contributed by atoms with van der Waals surface area (Å²) < 4.78 is 41.8. The third-order valence-corrected chi connectivity index (χ3v) is 11.5. The van der Waals surface area contributed by atoms with Crippen LogP contribution in [0.25, 0.3) is 0 Å². The number of rotatable bonds is 5. The first-order valence-electron chi connectivity index (χ1n) is 13.9. The summed E-state index contributed by atoms with van der Waals surface area (Å²) in [4.78, 5) is 0. The van der Waals surface area contributed by atoms with Gasteiger partial charge >= 0.3 is 7.60 Å². The number of fused-ring (bicyclic) bond motifs is 5. The van der Waals surface area contributed by atoms with Gasteiger partial charge in [0.15, 0.2) is 5.16 Å². The summed E-state index contributed by atoms with van der Waals surface area (Å²) in [6.07, 6.45) is 0. The number of hydrogen-bond acceptors (Lipinski definition) is 5. The van der Waals surface area contributed by atoms with E-state index in [9.17, 15) is 0 Å². The van der Waals surface area contributed by atoms with Gasteiger partial charge in [-0.2, -0.15) is 0 Å². The molecule has 41 heavy (non-hydrogen) atoms. The third-order valence-electron chi connectivity index (χ3n) is 8.89. The zero-order valence-electron chi connectivity index (χ0n) is 23.5. The van der Waals surface area contributed by atoms with Crippen LogP contribution in [0.1, 0.15) is 41.7 Å². The van der Waals surface area contributed by atoms with Crippen LogP contribution in [0.4, 0.5) is 0 Å². The quantitative estimate of drug-likeness (QED) is 0.182. The molecule has 3 atom stereocenters. The molecule has 208 valence electrons. The number of methoxy groups -OCH3 is 1. The van der Waals surface area contributed by atoms with E-state index in [1.807, 2.05) is 84.9 Å². The lowest BCUT2D eigenvalue weighted by Crippen LogP contribution is -2.51. The minimum absolute atomic E-state index is 0.278. The van der Waals surface area contributed by atoms with Crippen LogP contribution >= 0.6 is 7.60 Å². The van der Waals surface area contributed by atoms with E-state index in [1.165, 1.54) is 0 Å². The first kappa shape index (κ1) is 26.4. The van der Waals surface area contributed by atoms with Crippen molar-refractivity contribution in [2.45, 2.75) is 30.2 Å². The van der Waals surface area contributed by atoms with Gasteiger partial charge in [-0.1, -0.05) is 117 Å². The highest BCUT2D eigenvalue weighted by Crippen LogP contribution is 2.86. The fourth-order valence-electron chi connectivity index (χ4n) is 7.07. The molecule has 3 aliphatic heterocycles. The summed E-state index contributed by atoms with van der Waals surface area (Å²) in [6.45, 7) is 9.46. The maximum absolute atomic E-state index is 15.7. The molecular formula is C35H33O5P. The van der Waals surface area contributed by atoms with Crippen LogP contribution in [-0.2, 0) is 34.7 Å². The molecule has 0 radical (unpaired) electrons. The van der Waals surface area contributed by atoms with Crippen LogP contribution in [0.5, 0.6) is 5.75 Å². The molecule has 3 aliphatic rings. The summed E-state index contributed by atoms with van der Waals surface area (Å²) in [7, 11) is -2.40. The average molecular weight is 565 g/mol. The Morgan fingerprint density at radius 2 is 1.24 bits per heavy atom. The van der Waals surface area contributed by atoms with Crippen molar-refractivity contribution in [2.75, 3.05) is 20.3 Å². The summed E-state index contributed by atoms with van der Waals surface area (Å²) in [5.41, 5.74) is 2.35. The zero-order valence-corrected chi connectivity index (χ0v) is 24.4. The molecule has 0 N–H and O–H groups in total. The summed E-state index contributed by atoms with van der Waals surface area (Å²) >= 11 is 0. The van der Waals surface area contributed by atoms with Crippen molar-refractivity contribution in [1.82, 2.24) is 0 Å². The molecule has 0 aliphatic carbocycles. The largest absolute Gasteiger partial charge is 0.497 e. The minimum Gasteiger partial charge on any atom is -0.497 e. The van der Waals surface area contributed by atoms with Crippen molar-refractivity contribution in [3.63, 3.8) is 0 Å². The molecule has 2 bridgehead atoms. The SMILES string of the molecule is C=C1[C@@]2(c3ccccc3)O[C@](c3ccccc3)(c3ccccc32)[C@]1(c1ccc(OC)cc1)P1(=O)OCC(C)(C)CO1. The van der Waals surface area contributed by atoms with Crippen LogP contribution in [0.3, 0.4) is 0 Å². The predicted octanol–water partition coefficient (Wildman–Crippen LogP) is 7.94. The maximum Gasteiger partial charge on any atom is 0.349 e. The van der Waals surface area contributed by atoms with Crippen LogP contribution in [0.15, 0.2) is 121 Å². The Hall–Kier alpha value is -3.47. The van der Waals surface area contributed by atoms with Gasteiger partial charge in [0.25, 0.3) is 0 Å². The Balaban J connectivity index is 1.65. The second-order valence-corrected chi connectivity index (χ2v) is 14.1. The molecule has 4 aromatic rings. The van der Waals surface area contributed by atoms with Crippen LogP contribution < -0.4 is 4.74 Å². The normalized spacial score (nSPS) is 29.2. The standard InChI is InChI=1S/C35H33O5P/c1-25-33(26-13-7-5-8-14-26)30-17-11-12-18-31(30)34(40-33,27-15-9-6-10-16-27)35(25,28-19-21-29(37-4)22-20-28)41(36)38-23-32(2,3)24-39-41/h5-22H,1,23-24H2,2-4H3/t33-,34+,35-/m0/s1. The molecule has 0 saturated carbocycles. The van der Waals surface area contributed by atoms with Gasteiger partial charge in [-0.3, -0.25) is 4.57 Å². The van der Waals surface area contributed by atoms with E-state index in [2.05, 4.69) is 38.1 Å². The van der Waals surface area contributed by atoms with Crippen LogP contribution in [-0.4, -0.2) is 20.3 Å². The molecule has 2 saturated heterocycles. The monoisotopic (exact) mass is 564 g/mol. The highest BCUT2D eigenvalue weighted by molar-refractivity contribution is 7.55. The van der Waals surface area contributed by atoms with Crippen molar-refractivity contribution in [2.24, 2.45) is 5.41 Å². The Labute approximate surface area is 241 Å². The molecule has 6 heteroatoms. The van der Waals surface area contributed by atoms with Crippen molar-refractivity contribution in [3.8, 4) is 5.75 Å². The van der Waals surface area contributed by atoms with E-state index in [1.54, 1.807) is 7.11 Å². The molecule has 0 spiro atoms. The molecule has 0 unspecified atom stereocenters. The predicted molar refractivity (Wildman–Crippen MR) is 159 cm³/mol. The van der Waals surface area contributed by atoms with E-state index in [4.69, 9.17) is 25.1 Å². The summed E-state index contributed by atoms with van der Waals surface area (Å²) in [5.74, 6) is 0.690. The van der Waals surface area contributed by atoms with Crippen LogP contribution in [0, 0.1) is 5.41 Å². The van der Waals surface area contributed by atoms with E-state index >= 15 is 4.57 Å². The van der Waals surface area contributed by atoms with E-state index in [-0.39, 0.29) is 18.6 Å². The highest BCUT2D eigenvalue weighted by atomic mass is 31.2. The first-order chi connectivity index (χ1) is 19.8. The highest BCUT2D eigenvalue weighted by Gasteiger charge is 2.82. The van der Waals surface area contributed by atoms with Gasteiger partial charge < -0.3 is 18.5 Å². The Morgan fingerprint density at radius 3 is 1.83 bits per heavy atom. The lowest BCUT2D eigenvalue weighted by Gasteiger charge is -2.52. The van der Waals surface area contributed by atoms with E-state index < -0.39 is 24.0 Å². The third kappa shape index (κ3) is 3.26. The second kappa shape index (κ2) is 9.01. The Bertz CT molecular complexity index is 1670. The van der Waals surface area contributed by atoms with Gasteiger partial charge in [-0.15, -0.1) is 0 Å². The van der Waals surface area contributed by atoms with Gasteiger partial charge in [0.05, 0.1) is 20.3 Å². The first-order valence-corrected chi connectivity index (χ1v) is 15.4. The van der Waals surface area contributed by atoms with Crippen molar-refractivity contribution < 1.29 is 23.1 Å². The number of ether oxygens (including phenoxy) is 2. The van der Waals surface area contributed by atoms with E-state index in [0.29, 0.717) is 11.3 Å². The van der Waals surface area contributed by atoms with Crippen molar-refractivity contribution in [3.05, 3.63) is 149 Å². The zero-order chi connectivity index (χ0) is 28.5. The molecule has 0 aromatic heterocycles. The van der Waals surface area contributed by atoms with E-state index in [0.717, 1.165) is 27.8 Å².